The molecular formula is C12H23NO6S. The van der Waals surface area contributed by atoms with E-state index in [1.807, 2.05) is 6.92 Å². The van der Waals surface area contributed by atoms with Crippen LogP contribution in [-0.4, -0.2) is 44.4 Å². The first kappa shape index (κ1) is 18.9. The summed E-state index contributed by atoms with van der Waals surface area (Å²) in [7, 11) is -2.62. The van der Waals surface area contributed by atoms with E-state index in [4.69, 9.17) is 5.11 Å². The van der Waals surface area contributed by atoms with Gasteiger partial charge >= 0.3 is 11.9 Å². The van der Waals surface area contributed by atoms with Crippen molar-refractivity contribution in [1.29, 1.82) is 0 Å². The fourth-order valence-electron chi connectivity index (χ4n) is 1.70. The van der Waals surface area contributed by atoms with Crippen LogP contribution in [0.4, 0.5) is 0 Å². The minimum absolute atomic E-state index is 0.0732. The largest absolute Gasteiger partial charge is 0.481 e. The van der Waals surface area contributed by atoms with Gasteiger partial charge in [0.05, 0.1) is 7.11 Å². The average Bonchev–Trinajstić information content (AvgIpc) is 2.40. The van der Waals surface area contributed by atoms with Crippen LogP contribution in [0.2, 0.25) is 0 Å². The summed E-state index contributed by atoms with van der Waals surface area (Å²) in [5, 5.41) is 7.35. The van der Waals surface area contributed by atoms with Crippen LogP contribution in [0, 0.1) is 5.92 Å². The van der Waals surface area contributed by atoms with Crippen molar-refractivity contribution in [3.8, 4) is 0 Å². The minimum Gasteiger partial charge on any atom is -0.481 e. The second-order valence-corrected chi connectivity index (χ2v) is 6.69. The summed E-state index contributed by atoms with van der Waals surface area (Å²) in [6.45, 7) is 3.37. The lowest BCUT2D eigenvalue weighted by molar-refractivity contribution is -0.140. The number of carbonyl (C=O) groups is 2. The Morgan fingerprint density at radius 3 is 2.35 bits per heavy atom. The molecule has 0 aromatic heterocycles. The molecule has 0 rings (SSSR count). The van der Waals surface area contributed by atoms with Crippen LogP contribution in [0.5, 0.6) is 0 Å². The number of hydrogen-bond donors (Lipinski definition) is 2. The van der Waals surface area contributed by atoms with Gasteiger partial charge in [0.15, 0.2) is 5.25 Å². The molecule has 0 amide bonds. The molecule has 118 valence electrons. The van der Waals surface area contributed by atoms with Crippen molar-refractivity contribution in [2.75, 3.05) is 13.7 Å². The second-order valence-electron chi connectivity index (χ2n) is 4.60. The normalized spacial score (nSPS) is 14.6. The number of carboxylic acids is 1. The van der Waals surface area contributed by atoms with Crippen molar-refractivity contribution in [1.82, 2.24) is 4.72 Å². The maximum atomic E-state index is 11.8. The maximum absolute atomic E-state index is 11.8. The van der Waals surface area contributed by atoms with Crippen LogP contribution in [-0.2, 0) is 24.3 Å². The monoisotopic (exact) mass is 309 g/mol. The van der Waals surface area contributed by atoms with Crippen LogP contribution in [0.15, 0.2) is 0 Å². The van der Waals surface area contributed by atoms with Gasteiger partial charge in [-0.2, -0.15) is 0 Å². The minimum atomic E-state index is -3.75. The molecule has 2 N–H and O–H groups in total. The maximum Gasteiger partial charge on any atom is 0.325 e. The van der Waals surface area contributed by atoms with Crippen LogP contribution in [0.25, 0.3) is 0 Å². The smallest absolute Gasteiger partial charge is 0.325 e. The van der Waals surface area contributed by atoms with E-state index < -0.39 is 27.2 Å². The highest BCUT2D eigenvalue weighted by Crippen LogP contribution is 2.15. The molecule has 2 atom stereocenters. The predicted molar refractivity (Wildman–Crippen MR) is 73.7 cm³/mol. The Morgan fingerprint density at radius 1 is 1.30 bits per heavy atom. The molecule has 0 spiro atoms. The van der Waals surface area contributed by atoms with Crippen molar-refractivity contribution in [2.24, 2.45) is 5.92 Å². The summed E-state index contributed by atoms with van der Waals surface area (Å²) in [6.07, 6.45) is 1.91. The Hall–Kier alpha value is -1.15. The summed E-state index contributed by atoms with van der Waals surface area (Å²) < 4.78 is 30.3. The fraction of sp³-hybridized carbons (Fsp3) is 0.833. The number of rotatable bonds is 10. The van der Waals surface area contributed by atoms with Gasteiger partial charge in [-0.05, 0) is 25.7 Å². The second kappa shape index (κ2) is 8.91. The van der Waals surface area contributed by atoms with E-state index in [2.05, 4.69) is 9.46 Å². The first-order chi connectivity index (χ1) is 9.24. The molecule has 0 aromatic rings. The quantitative estimate of drug-likeness (QED) is 0.576. The Balaban J connectivity index is 4.26. The number of ether oxygens (including phenoxy) is 1. The van der Waals surface area contributed by atoms with Crippen LogP contribution in [0.3, 0.4) is 0 Å². The molecule has 7 nitrogen and oxygen atoms in total. The van der Waals surface area contributed by atoms with Gasteiger partial charge in [0.25, 0.3) is 0 Å². The van der Waals surface area contributed by atoms with E-state index in [9.17, 15) is 18.0 Å². The van der Waals surface area contributed by atoms with Gasteiger partial charge in [-0.25, -0.2) is 13.1 Å². The Morgan fingerprint density at radius 2 is 1.90 bits per heavy atom. The first-order valence-electron chi connectivity index (χ1n) is 6.52. The molecule has 0 bridgehead atoms. The summed E-state index contributed by atoms with van der Waals surface area (Å²) in [5.41, 5.74) is 0. The average molecular weight is 309 g/mol. The van der Waals surface area contributed by atoms with Gasteiger partial charge in [0.2, 0.25) is 10.0 Å². The third-order valence-electron chi connectivity index (χ3n) is 3.20. The molecule has 0 saturated heterocycles. The van der Waals surface area contributed by atoms with Crippen LogP contribution < -0.4 is 4.72 Å². The Labute approximate surface area is 119 Å². The fourth-order valence-corrected chi connectivity index (χ4v) is 2.71. The number of sulfonamides is 1. The molecule has 2 unspecified atom stereocenters. The van der Waals surface area contributed by atoms with E-state index >= 15 is 0 Å². The molecule has 0 fully saturated rings. The SMILES string of the molecule is CCC(CCNS(=O)(=O)C(C)C(=O)OC)CCC(=O)O. The first-order valence-corrected chi connectivity index (χ1v) is 8.07. The number of hydrogen-bond acceptors (Lipinski definition) is 5. The lowest BCUT2D eigenvalue weighted by Crippen LogP contribution is -2.39. The van der Waals surface area contributed by atoms with E-state index in [0.717, 1.165) is 13.5 Å². The molecule has 0 saturated carbocycles. The van der Waals surface area contributed by atoms with Crippen LogP contribution in [0.1, 0.15) is 39.5 Å². The van der Waals surface area contributed by atoms with Crippen molar-refractivity contribution in [3.63, 3.8) is 0 Å². The van der Waals surface area contributed by atoms with Crippen molar-refractivity contribution in [2.45, 2.75) is 44.8 Å². The van der Waals surface area contributed by atoms with E-state index in [0.29, 0.717) is 12.8 Å². The van der Waals surface area contributed by atoms with Gasteiger partial charge < -0.3 is 9.84 Å². The molecular weight excluding hydrogens is 286 g/mol. The van der Waals surface area contributed by atoms with Crippen molar-refractivity contribution < 1.29 is 27.9 Å². The molecule has 0 aliphatic heterocycles. The van der Waals surface area contributed by atoms with E-state index in [-0.39, 0.29) is 18.9 Å². The molecule has 0 aliphatic carbocycles. The Kier molecular flexibility index (Phi) is 8.40. The summed E-state index contributed by atoms with van der Waals surface area (Å²) in [6, 6.07) is 0. The Bertz CT molecular complexity index is 420. The third-order valence-corrected chi connectivity index (χ3v) is 4.93. The summed E-state index contributed by atoms with van der Waals surface area (Å²) in [5.74, 6) is -1.53. The van der Waals surface area contributed by atoms with E-state index in [1.54, 1.807) is 0 Å². The third kappa shape index (κ3) is 6.85. The number of nitrogens with one attached hydrogen (secondary N) is 1. The zero-order valence-electron chi connectivity index (χ0n) is 12.1. The van der Waals surface area contributed by atoms with Gasteiger partial charge in [-0.1, -0.05) is 13.3 Å². The van der Waals surface area contributed by atoms with Gasteiger partial charge in [0, 0.05) is 13.0 Å². The lowest BCUT2D eigenvalue weighted by Gasteiger charge is -2.16. The number of carboxylic acid groups (broad SMARTS) is 1. The number of aliphatic carboxylic acids is 1. The number of carbonyl (C=O) groups excluding carboxylic acids is 1. The van der Waals surface area contributed by atoms with Crippen molar-refractivity contribution >= 4 is 22.0 Å². The molecule has 0 heterocycles. The van der Waals surface area contributed by atoms with E-state index in [1.165, 1.54) is 6.92 Å². The lowest BCUT2D eigenvalue weighted by atomic mass is 9.97. The van der Waals surface area contributed by atoms with Gasteiger partial charge in [-0.3, -0.25) is 9.59 Å². The highest BCUT2D eigenvalue weighted by Gasteiger charge is 2.28. The highest BCUT2D eigenvalue weighted by atomic mass is 32.2. The van der Waals surface area contributed by atoms with Gasteiger partial charge in [-0.15, -0.1) is 0 Å². The molecule has 0 aromatic carbocycles. The number of methoxy groups -OCH3 is 1. The summed E-state index contributed by atoms with van der Waals surface area (Å²) in [4.78, 5) is 21.7. The standard InChI is InChI=1S/C12H23NO6S/c1-4-10(5-6-11(14)15)7-8-13-20(17,18)9(2)12(16)19-3/h9-10,13H,4-8H2,1-3H3,(H,14,15). The highest BCUT2D eigenvalue weighted by molar-refractivity contribution is 7.90. The predicted octanol–water partition coefficient (Wildman–Crippen LogP) is 0.748. The molecule has 8 heteroatoms. The van der Waals surface area contributed by atoms with Crippen LogP contribution >= 0.6 is 0 Å². The molecule has 0 radical (unpaired) electrons. The number of esters is 1. The zero-order chi connectivity index (χ0) is 15.8. The van der Waals surface area contributed by atoms with Crippen molar-refractivity contribution in [3.05, 3.63) is 0 Å². The van der Waals surface area contributed by atoms with Gasteiger partial charge in [0.1, 0.15) is 0 Å². The summed E-state index contributed by atoms with van der Waals surface area (Å²) >= 11 is 0. The molecule has 0 aliphatic rings. The zero-order valence-corrected chi connectivity index (χ0v) is 12.9. The topological polar surface area (TPSA) is 110 Å². The molecule has 20 heavy (non-hydrogen) atoms.